The molecule has 0 heterocycles. The predicted octanol–water partition coefficient (Wildman–Crippen LogP) is 5.82. The van der Waals surface area contributed by atoms with Crippen molar-refractivity contribution in [2.24, 2.45) is 0 Å². The molecule has 0 fully saturated rings. The molecule has 0 bridgehead atoms. The minimum atomic E-state index is 0.0962. The van der Waals surface area contributed by atoms with Crippen LogP contribution in [0.25, 0.3) is 11.1 Å². The average Bonchev–Trinajstić information content (AvgIpc) is 2.59. The molecule has 0 unspecified atom stereocenters. The molecule has 1 N–H and O–H groups in total. The number of amides is 1. The first-order chi connectivity index (χ1) is 11.3. The predicted molar refractivity (Wildman–Crippen MR) is 98.4 cm³/mol. The molecule has 2 rings (SSSR count). The van der Waals surface area contributed by atoms with Gasteiger partial charge in [-0.15, -0.1) is 6.58 Å². The van der Waals surface area contributed by atoms with Crippen molar-refractivity contribution in [3.63, 3.8) is 0 Å². The van der Waals surface area contributed by atoms with Crippen molar-refractivity contribution in [2.75, 3.05) is 5.32 Å². The number of hydrogen-bond acceptors (Lipinski definition) is 1. The van der Waals surface area contributed by atoms with E-state index in [1.54, 1.807) is 0 Å². The summed E-state index contributed by atoms with van der Waals surface area (Å²) in [5, 5.41) is 3.00. The minimum absolute atomic E-state index is 0.0962. The summed E-state index contributed by atoms with van der Waals surface area (Å²) < 4.78 is 0. The molecule has 0 aliphatic carbocycles. The van der Waals surface area contributed by atoms with E-state index in [4.69, 9.17) is 0 Å². The highest BCUT2D eigenvalue weighted by Gasteiger charge is 2.04. The molecule has 0 aliphatic rings. The smallest absolute Gasteiger partial charge is 0.224 e. The van der Waals surface area contributed by atoms with Gasteiger partial charge in [-0.05, 0) is 42.5 Å². The summed E-state index contributed by atoms with van der Waals surface area (Å²) in [6.45, 7) is 3.72. The van der Waals surface area contributed by atoms with Gasteiger partial charge < -0.3 is 5.32 Å². The van der Waals surface area contributed by atoms with Gasteiger partial charge in [0.25, 0.3) is 0 Å². The third-order valence-electron chi connectivity index (χ3n) is 3.82. The van der Waals surface area contributed by atoms with Gasteiger partial charge in [0.1, 0.15) is 0 Å². The second-order valence-electron chi connectivity index (χ2n) is 5.74. The van der Waals surface area contributed by atoms with Crippen LogP contribution in [0.1, 0.15) is 38.5 Å². The topological polar surface area (TPSA) is 29.1 Å². The lowest BCUT2D eigenvalue weighted by atomic mass is 10.1. The molecular formula is C21H25NO. The van der Waals surface area contributed by atoms with Crippen molar-refractivity contribution in [1.82, 2.24) is 0 Å². The summed E-state index contributed by atoms with van der Waals surface area (Å²) in [5.41, 5.74) is 3.14. The van der Waals surface area contributed by atoms with Crippen LogP contribution in [0.2, 0.25) is 0 Å². The third kappa shape index (κ3) is 6.11. The lowest BCUT2D eigenvalue weighted by Gasteiger charge is -2.08. The average molecular weight is 307 g/mol. The van der Waals surface area contributed by atoms with Crippen molar-refractivity contribution in [2.45, 2.75) is 38.5 Å². The zero-order valence-corrected chi connectivity index (χ0v) is 13.6. The zero-order chi connectivity index (χ0) is 16.3. The van der Waals surface area contributed by atoms with Gasteiger partial charge in [0.2, 0.25) is 5.91 Å². The van der Waals surface area contributed by atoms with Crippen LogP contribution in [0.3, 0.4) is 0 Å². The van der Waals surface area contributed by atoms with E-state index < -0.39 is 0 Å². The number of nitrogens with one attached hydrogen (secondary N) is 1. The fourth-order valence-electron chi connectivity index (χ4n) is 2.56. The summed E-state index contributed by atoms with van der Waals surface area (Å²) >= 11 is 0. The van der Waals surface area contributed by atoms with E-state index in [0.717, 1.165) is 36.1 Å². The standard InChI is InChI=1S/C21H25NO/c1-2-3-4-5-6-10-16-21(23)22-20-15-11-14-19(17-20)18-12-8-7-9-13-18/h2,7-9,11-15,17H,1,3-6,10,16H2,(H,22,23). The SMILES string of the molecule is C=CCCCCCCC(=O)Nc1cccc(-c2ccccc2)c1. The van der Waals surface area contributed by atoms with Gasteiger partial charge in [-0.3, -0.25) is 4.79 Å². The zero-order valence-electron chi connectivity index (χ0n) is 13.6. The van der Waals surface area contributed by atoms with Crippen LogP contribution in [0.5, 0.6) is 0 Å². The van der Waals surface area contributed by atoms with E-state index in [1.165, 1.54) is 12.8 Å². The van der Waals surface area contributed by atoms with Crippen LogP contribution in [0.4, 0.5) is 5.69 Å². The number of anilines is 1. The molecule has 2 heteroatoms. The summed E-state index contributed by atoms with van der Waals surface area (Å²) in [5.74, 6) is 0.0962. The minimum Gasteiger partial charge on any atom is -0.326 e. The van der Waals surface area contributed by atoms with E-state index in [-0.39, 0.29) is 5.91 Å². The maximum absolute atomic E-state index is 12.0. The van der Waals surface area contributed by atoms with E-state index in [9.17, 15) is 4.79 Å². The van der Waals surface area contributed by atoms with Crippen molar-refractivity contribution < 1.29 is 4.79 Å². The molecule has 120 valence electrons. The van der Waals surface area contributed by atoms with Gasteiger partial charge in [-0.2, -0.15) is 0 Å². The number of allylic oxidation sites excluding steroid dienone is 1. The Morgan fingerprint density at radius 3 is 2.43 bits per heavy atom. The molecule has 0 aliphatic heterocycles. The Hall–Kier alpha value is -2.35. The van der Waals surface area contributed by atoms with Crippen molar-refractivity contribution in [3.8, 4) is 11.1 Å². The molecular weight excluding hydrogens is 282 g/mol. The number of unbranched alkanes of at least 4 members (excludes halogenated alkanes) is 4. The van der Waals surface area contributed by atoms with E-state index in [1.807, 2.05) is 42.5 Å². The van der Waals surface area contributed by atoms with Gasteiger partial charge in [-0.25, -0.2) is 0 Å². The highest BCUT2D eigenvalue weighted by Crippen LogP contribution is 2.22. The first-order valence-corrected chi connectivity index (χ1v) is 8.36. The van der Waals surface area contributed by atoms with Crippen LogP contribution in [0.15, 0.2) is 67.3 Å². The maximum atomic E-state index is 12.0. The van der Waals surface area contributed by atoms with Crippen LogP contribution < -0.4 is 5.32 Å². The lowest BCUT2D eigenvalue weighted by molar-refractivity contribution is -0.116. The molecule has 0 radical (unpaired) electrons. The highest BCUT2D eigenvalue weighted by atomic mass is 16.1. The van der Waals surface area contributed by atoms with Gasteiger partial charge in [-0.1, -0.05) is 61.4 Å². The third-order valence-corrected chi connectivity index (χ3v) is 3.82. The van der Waals surface area contributed by atoms with E-state index in [2.05, 4.69) is 30.1 Å². The van der Waals surface area contributed by atoms with Crippen molar-refractivity contribution >= 4 is 11.6 Å². The van der Waals surface area contributed by atoms with Crippen molar-refractivity contribution in [1.29, 1.82) is 0 Å². The summed E-state index contributed by atoms with van der Waals surface area (Å²) in [6.07, 6.45) is 7.99. The fraction of sp³-hybridized carbons (Fsp3) is 0.286. The number of carbonyl (C=O) groups excluding carboxylic acids is 1. The number of carbonyl (C=O) groups is 1. The Morgan fingerprint density at radius 1 is 0.913 bits per heavy atom. The maximum Gasteiger partial charge on any atom is 0.224 e. The molecule has 2 nitrogen and oxygen atoms in total. The Kier molecular flexibility index (Phi) is 7.12. The summed E-state index contributed by atoms with van der Waals surface area (Å²) in [4.78, 5) is 12.0. The molecule has 0 spiro atoms. The van der Waals surface area contributed by atoms with Gasteiger partial charge in [0, 0.05) is 12.1 Å². The second-order valence-corrected chi connectivity index (χ2v) is 5.74. The number of hydrogen-bond donors (Lipinski definition) is 1. The quantitative estimate of drug-likeness (QED) is 0.459. The first-order valence-electron chi connectivity index (χ1n) is 8.36. The molecule has 0 aromatic heterocycles. The monoisotopic (exact) mass is 307 g/mol. The molecule has 0 saturated heterocycles. The number of rotatable bonds is 9. The summed E-state index contributed by atoms with van der Waals surface area (Å²) in [6, 6.07) is 18.2. The van der Waals surface area contributed by atoms with E-state index >= 15 is 0 Å². The van der Waals surface area contributed by atoms with Gasteiger partial charge in [0.05, 0.1) is 0 Å². The number of benzene rings is 2. The Bertz CT molecular complexity index is 619. The van der Waals surface area contributed by atoms with Crippen LogP contribution in [-0.2, 0) is 4.79 Å². The molecule has 2 aromatic carbocycles. The van der Waals surface area contributed by atoms with Crippen LogP contribution in [0, 0.1) is 0 Å². The second kappa shape index (κ2) is 9.62. The highest BCUT2D eigenvalue weighted by molar-refractivity contribution is 5.91. The lowest BCUT2D eigenvalue weighted by Crippen LogP contribution is -2.11. The Morgan fingerprint density at radius 2 is 1.65 bits per heavy atom. The Balaban J connectivity index is 1.81. The van der Waals surface area contributed by atoms with Gasteiger partial charge >= 0.3 is 0 Å². The van der Waals surface area contributed by atoms with Crippen molar-refractivity contribution in [3.05, 3.63) is 67.3 Å². The molecule has 0 atom stereocenters. The largest absolute Gasteiger partial charge is 0.326 e. The molecule has 1 amide bonds. The van der Waals surface area contributed by atoms with Crippen LogP contribution >= 0.6 is 0 Å². The van der Waals surface area contributed by atoms with Gasteiger partial charge in [0.15, 0.2) is 0 Å². The van der Waals surface area contributed by atoms with E-state index in [0.29, 0.717) is 6.42 Å². The molecule has 23 heavy (non-hydrogen) atoms. The fourth-order valence-corrected chi connectivity index (χ4v) is 2.56. The molecule has 2 aromatic rings. The summed E-state index contributed by atoms with van der Waals surface area (Å²) in [7, 11) is 0. The first kappa shape index (κ1) is 17.0. The normalized spacial score (nSPS) is 10.3. The molecule has 0 saturated carbocycles. The Labute approximate surface area is 139 Å². The van der Waals surface area contributed by atoms with Crippen LogP contribution in [-0.4, -0.2) is 5.91 Å².